The van der Waals surface area contributed by atoms with E-state index >= 15 is 0 Å². The van der Waals surface area contributed by atoms with E-state index < -0.39 is 0 Å². The molecule has 2 amide bonds. The van der Waals surface area contributed by atoms with E-state index in [2.05, 4.69) is 5.32 Å². The van der Waals surface area contributed by atoms with Crippen molar-refractivity contribution in [3.05, 3.63) is 45.6 Å². The Balaban J connectivity index is 1.92. The van der Waals surface area contributed by atoms with Crippen LogP contribution in [-0.4, -0.2) is 30.4 Å². The number of rotatable bonds is 6. The summed E-state index contributed by atoms with van der Waals surface area (Å²) in [6.07, 6.45) is 0. The molecule has 0 spiro atoms. The van der Waals surface area contributed by atoms with E-state index in [0.29, 0.717) is 22.3 Å². The number of hydrogen-bond donors (Lipinski definition) is 1. The highest BCUT2D eigenvalue weighted by molar-refractivity contribution is 7.16. The highest BCUT2D eigenvalue weighted by atomic mass is 35.5. The summed E-state index contributed by atoms with van der Waals surface area (Å²) in [6.45, 7) is 1.79. The fraction of sp³-hybridized carbons (Fsp3) is 0.250. The van der Waals surface area contributed by atoms with Crippen LogP contribution in [0.1, 0.15) is 11.8 Å². The number of nitrogens with zero attached hydrogens (tertiary/aromatic N) is 1. The van der Waals surface area contributed by atoms with Crippen LogP contribution < -0.4 is 10.1 Å². The first-order valence-corrected chi connectivity index (χ1v) is 8.12. The molecule has 1 aromatic carbocycles. The van der Waals surface area contributed by atoms with Gasteiger partial charge in [0.25, 0.3) is 5.91 Å². The molecule has 2 rings (SSSR count). The Morgan fingerprint density at radius 3 is 2.65 bits per heavy atom. The number of para-hydroxylation sites is 2. The number of thiophene rings is 1. The molecule has 1 aromatic heterocycles. The molecular weight excluding hydrogens is 336 g/mol. The summed E-state index contributed by atoms with van der Waals surface area (Å²) in [5, 5.41) is 2.67. The van der Waals surface area contributed by atoms with Crippen molar-refractivity contribution in [2.45, 2.75) is 13.5 Å². The highest BCUT2D eigenvalue weighted by Crippen LogP contribution is 2.24. The summed E-state index contributed by atoms with van der Waals surface area (Å²) in [5.74, 6) is 0.106. The number of carbonyl (C=O) groups excluding carboxylic acids is 2. The summed E-state index contributed by atoms with van der Waals surface area (Å²) < 4.78 is 6.23. The highest BCUT2D eigenvalue weighted by Gasteiger charge is 2.13. The molecule has 122 valence electrons. The second kappa shape index (κ2) is 7.99. The van der Waals surface area contributed by atoms with Gasteiger partial charge < -0.3 is 15.0 Å². The Bertz CT molecular complexity index is 702. The Kier molecular flexibility index (Phi) is 6.01. The molecule has 1 heterocycles. The number of halogens is 1. The van der Waals surface area contributed by atoms with Gasteiger partial charge in [0.1, 0.15) is 5.75 Å². The predicted octanol–water partition coefficient (Wildman–Crippen LogP) is 3.40. The molecule has 0 aliphatic rings. The van der Waals surface area contributed by atoms with Crippen LogP contribution in [0.5, 0.6) is 5.75 Å². The van der Waals surface area contributed by atoms with E-state index in [-0.39, 0.29) is 18.4 Å². The van der Waals surface area contributed by atoms with Crippen molar-refractivity contribution in [3.8, 4) is 5.75 Å². The Morgan fingerprint density at radius 1 is 1.26 bits per heavy atom. The van der Waals surface area contributed by atoms with Crippen LogP contribution in [0, 0.1) is 0 Å². The smallest absolute Gasteiger partial charge is 0.260 e. The van der Waals surface area contributed by atoms with Crippen molar-refractivity contribution in [1.82, 2.24) is 4.90 Å². The molecule has 0 unspecified atom stereocenters. The van der Waals surface area contributed by atoms with E-state index in [9.17, 15) is 9.59 Å². The molecule has 0 bridgehead atoms. The zero-order valence-corrected chi connectivity index (χ0v) is 14.4. The van der Waals surface area contributed by atoms with E-state index in [1.165, 1.54) is 18.3 Å². The van der Waals surface area contributed by atoms with Crippen LogP contribution in [0.4, 0.5) is 5.69 Å². The van der Waals surface area contributed by atoms with Gasteiger partial charge in [0, 0.05) is 18.8 Å². The summed E-state index contributed by atoms with van der Waals surface area (Å²) in [7, 11) is 1.71. The molecular formula is C16H17ClN2O3S. The third-order valence-electron chi connectivity index (χ3n) is 3.00. The first-order chi connectivity index (χ1) is 11.0. The number of nitrogens with one attached hydrogen (secondary N) is 1. The quantitative estimate of drug-likeness (QED) is 0.866. The Labute approximate surface area is 143 Å². The van der Waals surface area contributed by atoms with Gasteiger partial charge in [-0.3, -0.25) is 9.59 Å². The maximum absolute atomic E-state index is 12.1. The van der Waals surface area contributed by atoms with Gasteiger partial charge in [-0.05, 0) is 24.3 Å². The minimum absolute atomic E-state index is 0.105. The van der Waals surface area contributed by atoms with Crippen molar-refractivity contribution >= 4 is 40.4 Å². The number of carbonyl (C=O) groups is 2. The minimum atomic E-state index is -0.195. The van der Waals surface area contributed by atoms with Crippen LogP contribution in [-0.2, 0) is 16.1 Å². The lowest BCUT2D eigenvalue weighted by Gasteiger charge is -2.17. The molecule has 5 nitrogen and oxygen atoms in total. The lowest BCUT2D eigenvalue weighted by Crippen LogP contribution is -2.30. The lowest BCUT2D eigenvalue weighted by atomic mass is 10.3. The summed E-state index contributed by atoms with van der Waals surface area (Å²) in [5.41, 5.74) is 0.542. The summed E-state index contributed by atoms with van der Waals surface area (Å²) >= 11 is 7.32. The number of anilines is 1. The third-order valence-corrected chi connectivity index (χ3v) is 4.21. The van der Waals surface area contributed by atoms with Crippen molar-refractivity contribution in [3.63, 3.8) is 0 Å². The number of hydrogen-bond acceptors (Lipinski definition) is 4. The van der Waals surface area contributed by atoms with E-state index in [4.69, 9.17) is 16.3 Å². The first kappa shape index (κ1) is 17.3. The Morgan fingerprint density at radius 2 is 2.00 bits per heavy atom. The number of likely N-dealkylation sites (N-methyl/N-ethyl adjacent to an activating group) is 1. The number of ether oxygens (including phenoxy) is 1. The molecule has 23 heavy (non-hydrogen) atoms. The van der Waals surface area contributed by atoms with E-state index in [1.54, 1.807) is 42.3 Å². The lowest BCUT2D eigenvalue weighted by molar-refractivity contribution is -0.132. The Hall–Kier alpha value is -2.05. The number of benzene rings is 1. The van der Waals surface area contributed by atoms with Crippen molar-refractivity contribution in [1.29, 1.82) is 0 Å². The van der Waals surface area contributed by atoms with E-state index in [1.807, 2.05) is 6.07 Å². The van der Waals surface area contributed by atoms with Crippen LogP contribution >= 0.6 is 22.9 Å². The molecule has 0 saturated carbocycles. The molecule has 0 aliphatic heterocycles. The molecule has 0 atom stereocenters. The van der Waals surface area contributed by atoms with Crippen LogP contribution in [0.3, 0.4) is 0 Å². The molecule has 1 N–H and O–H groups in total. The second-order valence-electron chi connectivity index (χ2n) is 4.92. The topological polar surface area (TPSA) is 58.6 Å². The maximum atomic E-state index is 12.1. The van der Waals surface area contributed by atoms with Gasteiger partial charge in [-0.1, -0.05) is 23.7 Å². The molecule has 0 saturated heterocycles. The maximum Gasteiger partial charge on any atom is 0.260 e. The van der Waals surface area contributed by atoms with Gasteiger partial charge in [-0.15, -0.1) is 11.3 Å². The minimum Gasteiger partial charge on any atom is -0.482 e. The average Bonchev–Trinajstić information content (AvgIpc) is 2.90. The monoisotopic (exact) mass is 352 g/mol. The second-order valence-corrected chi connectivity index (χ2v) is 6.72. The zero-order valence-electron chi connectivity index (χ0n) is 12.8. The number of amides is 2. The summed E-state index contributed by atoms with van der Waals surface area (Å²) in [6, 6.07) is 10.7. The third kappa shape index (κ3) is 5.26. The molecule has 2 aromatic rings. The fourth-order valence-electron chi connectivity index (χ4n) is 1.89. The first-order valence-electron chi connectivity index (χ1n) is 6.93. The van der Waals surface area contributed by atoms with Gasteiger partial charge in [-0.25, -0.2) is 0 Å². The van der Waals surface area contributed by atoms with E-state index in [0.717, 1.165) is 4.88 Å². The molecule has 0 radical (unpaired) electrons. The van der Waals surface area contributed by atoms with Gasteiger partial charge in [0.15, 0.2) is 6.61 Å². The van der Waals surface area contributed by atoms with Gasteiger partial charge in [0.05, 0.1) is 16.6 Å². The average molecular weight is 353 g/mol. The molecule has 0 aliphatic carbocycles. The zero-order chi connectivity index (χ0) is 16.8. The normalized spacial score (nSPS) is 10.2. The summed E-state index contributed by atoms with van der Waals surface area (Å²) in [4.78, 5) is 25.9. The van der Waals surface area contributed by atoms with Gasteiger partial charge >= 0.3 is 0 Å². The van der Waals surface area contributed by atoms with Crippen molar-refractivity contribution in [2.24, 2.45) is 0 Å². The predicted molar refractivity (Wildman–Crippen MR) is 92.0 cm³/mol. The van der Waals surface area contributed by atoms with Gasteiger partial charge in [0.2, 0.25) is 5.91 Å². The fourth-order valence-corrected chi connectivity index (χ4v) is 3.03. The SMILES string of the molecule is CC(=O)Nc1ccccc1OCC(=O)N(C)Cc1ccc(Cl)s1. The van der Waals surface area contributed by atoms with Crippen molar-refractivity contribution < 1.29 is 14.3 Å². The standard InChI is InChI=1S/C16H17ClN2O3S/c1-11(20)18-13-5-3-4-6-14(13)22-10-16(21)19(2)9-12-7-8-15(17)23-12/h3-8H,9-10H2,1-2H3,(H,18,20). The van der Waals surface area contributed by atoms with Crippen molar-refractivity contribution in [2.75, 3.05) is 19.0 Å². The molecule has 0 fully saturated rings. The van der Waals surface area contributed by atoms with Crippen LogP contribution in [0.2, 0.25) is 4.34 Å². The largest absolute Gasteiger partial charge is 0.482 e. The van der Waals surface area contributed by atoms with Crippen LogP contribution in [0.25, 0.3) is 0 Å². The van der Waals surface area contributed by atoms with Gasteiger partial charge in [-0.2, -0.15) is 0 Å². The van der Waals surface area contributed by atoms with Crippen LogP contribution in [0.15, 0.2) is 36.4 Å². The molecule has 7 heteroatoms.